The Kier molecular flexibility index (Phi) is 4.93. The van der Waals surface area contributed by atoms with E-state index < -0.39 is 35.8 Å². The van der Waals surface area contributed by atoms with Crippen molar-refractivity contribution in [2.75, 3.05) is 13.1 Å². The Balaban J connectivity index is 2.11. The van der Waals surface area contributed by atoms with Crippen LogP contribution < -0.4 is 10.6 Å². The van der Waals surface area contributed by atoms with Crippen LogP contribution in [-0.4, -0.2) is 36.0 Å². The summed E-state index contributed by atoms with van der Waals surface area (Å²) < 4.78 is 39.1. The molecule has 0 saturated carbocycles. The average molecular weight is 329 g/mol. The van der Waals surface area contributed by atoms with Crippen LogP contribution in [0.15, 0.2) is 24.3 Å². The molecule has 2 atom stereocenters. The predicted molar refractivity (Wildman–Crippen MR) is 77.6 cm³/mol. The minimum absolute atomic E-state index is 0.0607. The summed E-state index contributed by atoms with van der Waals surface area (Å²) in [6.45, 7) is 3.72. The van der Waals surface area contributed by atoms with Gasteiger partial charge in [-0.25, -0.2) is 4.79 Å². The number of carbonyl (C=O) groups excluding carboxylic acids is 2. The van der Waals surface area contributed by atoms with Crippen LogP contribution in [0.5, 0.6) is 0 Å². The van der Waals surface area contributed by atoms with Crippen molar-refractivity contribution in [2.24, 2.45) is 0 Å². The molecule has 1 aromatic carbocycles. The SMILES string of the molecule is CC(NC(C)c1ccccc1C(F)(F)F)C(=O)N1CCNC1=O. The molecule has 2 unspecified atom stereocenters. The van der Waals surface area contributed by atoms with E-state index in [1.54, 1.807) is 6.92 Å². The number of amides is 3. The van der Waals surface area contributed by atoms with E-state index in [1.165, 1.54) is 25.1 Å². The number of alkyl halides is 3. The lowest BCUT2D eigenvalue weighted by molar-refractivity contribution is -0.138. The first-order chi connectivity index (χ1) is 10.7. The third-order valence-electron chi connectivity index (χ3n) is 3.73. The first kappa shape index (κ1) is 17.3. The number of hydrogen-bond acceptors (Lipinski definition) is 3. The number of halogens is 3. The molecule has 126 valence electrons. The van der Waals surface area contributed by atoms with Crippen LogP contribution in [0, 0.1) is 0 Å². The molecule has 2 rings (SSSR count). The lowest BCUT2D eigenvalue weighted by atomic mass is 10.0. The zero-order valence-corrected chi connectivity index (χ0v) is 12.8. The highest BCUT2D eigenvalue weighted by Gasteiger charge is 2.35. The van der Waals surface area contributed by atoms with Crippen LogP contribution >= 0.6 is 0 Å². The van der Waals surface area contributed by atoms with Gasteiger partial charge in [0.25, 0.3) is 0 Å². The van der Waals surface area contributed by atoms with Crippen LogP contribution in [0.1, 0.15) is 31.0 Å². The molecule has 1 aliphatic heterocycles. The first-order valence-electron chi connectivity index (χ1n) is 7.23. The number of hydrogen-bond donors (Lipinski definition) is 2. The van der Waals surface area contributed by atoms with Gasteiger partial charge < -0.3 is 5.32 Å². The summed E-state index contributed by atoms with van der Waals surface area (Å²) in [6.07, 6.45) is -4.46. The molecule has 3 amide bonds. The van der Waals surface area contributed by atoms with E-state index in [-0.39, 0.29) is 12.1 Å². The van der Waals surface area contributed by atoms with Gasteiger partial charge in [-0.05, 0) is 25.5 Å². The molecule has 1 heterocycles. The number of benzene rings is 1. The van der Waals surface area contributed by atoms with Gasteiger partial charge in [0.1, 0.15) is 0 Å². The fraction of sp³-hybridized carbons (Fsp3) is 0.467. The van der Waals surface area contributed by atoms with Crippen LogP contribution in [0.3, 0.4) is 0 Å². The van der Waals surface area contributed by atoms with Crippen molar-refractivity contribution in [3.8, 4) is 0 Å². The molecule has 23 heavy (non-hydrogen) atoms. The van der Waals surface area contributed by atoms with Gasteiger partial charge in [-0.3, -0.25) is 15.0 Å². The standard InChI is InChI=1S/C15H18F3N3O2/c1-9(11-5-3-4-6-12(11)15(16,17)18)20-10(2)13(22)21-8-7-19-14(21)23/h3-6,9-10,20H,7-8H2,1-2H3,(H,19,23). The minimum atomic E-state index is -4.46. The zero-order chi connectivity index (χ0) is 17.2. The Bertz CT molecular complexity index is 604. The maximum absolute atomic E-state index is 13.0. The fourth-order valence-electron chi connectivity index (χ4n) is 2.58. The Hall–Kier alpha value is -2.09. The van der Waals surface area contributed by atoms with Gasteiger partial charge in [-0.1, -0.05) is 18.2 Å². The maximum atomic E-state index is 13.0. The molecule has 0 spiro atoms. The normalized spacial score (nSPS) is 17.8. The Labute approximate surface area is 131 Å². The minimum Gasteiger partial charge on any atom is -0.336 e. The van der Waals surface area contributed by atoms with E-state index in [2.05, 4.69) is 10.6 Å². The number of urea groups is 1. The van der Waals surface area contributed by atoms with Crippen molar-refractivity contribution in [1.82, 2.24) is 15.5 Å². The molecule has 8 heteroatoms. The van der Waals surface area contributed by atoms with E-state index in [1.807, 2.05) is 0 Å². The molecular weight excluding hydrogens is 311 g/mol. The second-order valence-electron chi connectivity index (χ2n) is 5.42. The highest BCUT2D eigenvalue weighted by molar-refractivity contribution is 5.98. The van der Waals surface area contributed by atoms with Crippen molar-refractivity contribution in [1.29, 1.82) is 0 Å². The molecule has 0 bridgehead atoms. The van der Waals surface area contributed by atoms with Crippen LogP contribution in [0.4, 0.5) is 18.0 Å². The van der Waals surface area contributed by atoms with Crippen LogP contribution in [0.25, 0.3) is 0 Å². The molecule has 1 aliphatic rings. The number of nitrogens with zero attached hydrogens (tertiary/aromatic N) is 1. The van der Waals surface area contributed by atoms with Crippen LogP contribution in [-0.2, 0) is 11.0 Å². The van der Waals surface area contributed by atoms with Crippen molar-refractivity contribution in [3.63, 3.8) is 0 Å². The van der Waals surface area contributed by atoms with Gasteiger partial charge >= 0.3 is 12.2 Å². The lowest BCUT2D eigenvalue weighted by Crippen LogP contribution is -2.47. The van der Waals surface area contributed by atoms with Gasteiger partial charge in [0.15, 0.2) is 0 Å². The third kappa shape index (κ3) is 3.82. The fourth-order valence-corrected chi connectivity index (χ4v) is 2.58. The molecule has 1 saturated heterocycles. The van der Waals surface area contributed by atoms with Crippen molar-refractivity contribution >= 4 is 11.9 Å². The molecular formula is C15H18F3N3O2. The van der Waals surface area contributed by atoms with E-state index in [0.29, 0.717) is 6.54 Å². The van der Waals surface area contributed by atoms with E-state index in [0.717, 1.165) is 11.0 Å². The summed E-state index contributed by atoms with van der Waals surface area (Å²) in [4.78, 5) is 24.7. The third-order valence-corrected chi connectivity index (χ3v) is 3.73. The van der Waals surface area contributed by atoms with Gasteiger partial charge in [-0.15, -0.1) is 0 Å². The molecule has 5 nitrogen and oxygen atoms in total. The average Bonchev–Trinajstić information content (AvgIpc) is 2.91. The predicted octanol–water partition coefficient (Wildman–Crippen LogP) is 2.30. The summed E-state index contributed by atoms with van der Waals surface area (Å²) in [5.74, 6) is -0.462. The monoisotopic (exact) mass is 329 g/mol. The molecule has 1 fully saturated rings. The second kappa shape index (κ2) is 6.57. The smallest absolute Gasteiger partial charge is 0.336 e. The van der Waals surface area contributed by atoms with Crippen molar-refractivity contribution < 1.29 is 22.8 Å². The maximum Gasteiger partial charge on any atom is 0.416 e. The molecule has 0 aromatic heterocycles. The van der Waals surface area contributed by atoms with Crippen LogP contribution in [0.2, 0.25) is 0 Å². The van der Waals surface area contributed by atoms with Gasteiger partial charge in [0.2, 0.25) is 5.91 Å². The number of nitrogens with one attached hydrogen (secondary N) is 2. The van der Waals surface area contributed by atoms with Gasteiger partial charge in [0.05, 0.1) is 11.6 Å². The van der Waals surface area contributed by atoms with E-state index >= 15 is 0 Å². The number of rotatable bonds is 4. The van der Waals surface area contributed by atoms with Gasteiger partial charge in [-0.2, -0.15) is 13.2 Å². The molecule has 2 N–H and O–H groups in total. The summed E-state index contributed by atoms with van der Waals surface area (Å²) >= 11 is 0. The molecule has 0 radical (unpaired) electrons. The lowest BCUT2D eigenvalue weighted by Gasteiger charge is -2.24. The highest BCUT2D eigenvalue weighted by Crippen LogP contribution is 2.34. The van der Waals surface area contributed by atoms with E-state index in [9.17, 15) is 22.8 Å². The molecule has 0 aliphatic carbocycles. The zero-order valence-electron chi connectivity index (χ0n) is 12.8. The van der Waals surface area contributed by atoms with E-state index in [4.69, 9.17) is 0 Å². The first-order valence-corrected chi connectivity index (χ1v) is 7.23. The summed E-state index contributed by atoms with van der Waals surface area (Å²) in [5, 5.41) is 5.34. The largest absolute Gasteiger partial charge is 0.416 e. The summed E-state index contributed by atoms with van der Waals surface area (Å²) in [5.41, 5.74) is -0.677. The molecule has 1 aromatic rings. The topological polar surface area (TPSA) is 61.4 Å². The van der Waals surface area contributed by atoms with Crippen molar-refractivity contribution in [2.45, 2.75) is 32.1 Å². The second-order valence-corrected chi connectivity index (χ2v) is 5.42. The quantitative estimate of drug-likeness (QED) is 0.891. The summed E-state index contributed by atoms with van der Waals surface area (Å²) in [7, 11) is 0. The number of carbonyl (C=O) groups is 2. The Morgan fingerprint density at radius 2 is 1.96 bits per heavy atom. The van der Waals surface area contributed by atoms with Crippen molar-refractivity contribution in [3.05, 3.63) is 35.4 Å². The Morgan fingerprint density at radius 3 is 2.52 bits per heavy atom. The summed E-state index contributed by atoms with van der Waals surface area (Å²) in [6, 6.07) is 3.26. The van der Waals surface area contributed by atoms with Gasteiger partial charge in [0, 0.05) is 19.1 Å². The Morgan fingerprint density at radius 1 is 1.30 bits per heavy atom. The highest BCUT2D eigenvalue weighted by atomic mass is 19.4. The number of imide groups is 1.